The summed E-state index contributed by atoms with van der Waals surface area (Å²) in [7, 11) is 1.69. The molecule has 1 fully saturated rings. The fraction of sp³-hybridized carbons (Fsp3) is 0.316. The van der Waals surface area contributed by atoms with E-state index >= 15 is 0 Å². The summed E-state index contributed by atoms with van der Waals surface area (Å²) in [6.45, 7) is 3.28. The van der Waals surface area contributed by atoms with Gasteiger partial charge in [-0.1, -0.05) is 36.5 Å². The summed E-state index contributed by atoms with van der Waals surface area (Å²) in [6, 6.07) is 14.5. The lowest BCUT2D eigenvalue weighted by Gasteiger charge is -2.24. The van der Waals surface area contributed by atoms with Crippen molar-refractivity contribution < 1.29 is 4.74 Å². The van der Waals surface area contributed by atoms with E-state index in [0.29, 0.717) is 12.0 Å². The van der Waals surface area contributed by atoms with E-state index in [1.165, 1.54) is 5.56 Å². The average Bonchev–Trinajstić information content (AvgIpc) is 3.29. The largest absolute Gasteiger partial charge is 0.497 e. The zero-order chi connectivity index (χ0) is 17.2. The third kappa shape index (κ3) is 3.22. The predicted molar refractivity (Wildman–Crippen MR) is 100 cm³/mol. The Morgan fingerprint density at radius 3 is 2.68 bits per heavy atom. The van der Waals surface area contributed by atoms with Crippen molar-refractivity contribution in [2.24, 2.45) is 5.92 Å². The van der Waals surface area contributed by atoms with E-state index < -0.39 is 0 Å². The molecule has 3 aromatic rings. The van der Waals surface area contributed by atoms with Gasteiger partial charge in [-0.25, -0.2) is 0 Å². The van der Waals surface area contributed by atoms with Gasteiger partial charge in [0.2, 0.25) is 5.13 Å². The minimum atomic E-state index is 0.324. The highest BCUT2D eigenvalue weighted by Crippen LogP contribution is 2.41. The summed E-state index contributed by atoms with van der Waals surface area (Å²) in [5.74, 6) is 1.50. The SMILES string of the molecule is COc1ccc([C@@H]2C[C@@H](C)CN2c2nnc(-c3ccccn3)s2)cc1. The third-order valence-corrected chi connectivity index (χ3v) is 5.54. The molecule has 5 nitrogen and oxygen atoms in total. The zero-order valence-corrected chi connectivity index (χ0v) is 15.1. The van der Waals surface area contributed by atoms with Gasteiger partial charge < -0.3 is 9.64 Å². The topological polar surface area (TPSA) is 51.1 Å². The van der Waals surface area contributed by atoms with Crippen LogP contribution in [0, 0.1) is 5.92 Å². The van der Waals surface area contributed by atoms with Crippen molar-refractivity contribution >= 4 is 16.5 Å². The van der Waals surface area contributed by atoms with Crippen LogP contribution in [0.1, 0.15) is 24.9 Å². The number of anilines is 1. The molecule has 1 aromatic carbocycles. The molecule has 2 aromatic heterocycles. The maximum atomic E-state index is 5.28. The van der Waals surface area contributed by atoms with Crippen LogP contribution in [0.25, 0.3) is 10.7 Å². The van der Waals surface area contributed by atoms with Crippen molar-refractivity contribution in [1.82, 2.24) is 15.2 Å². The van der Waals surface area contributed by atoms with E-state index in [9.17, 15) is 0 Å². The van der Waals surface area contributed by atoms with Crippen LogP contribution in [0.2, 0.25) is 0 Å². The summed E-state index contributed by atoms with van der Waals surface area (Å²) >= 11 is 1.61. The predicted octanol–water partition coefficient (Wildman–Crippen LogP) is 4.20. The van der Waals surface area contributed by atoms with Crippen molar-refractivity contribution in [2.45, 2.75) is 19.4 Å². The summed E-state index contributed by atoms with van der Waals surface area (Å²) in [6.07, 6.45) is 2.90. The lowest BCUT2D eigenvalue weighted by Crippen LogP contribution is -2.23. The van der Waals surface area contributed by atoms with E-state index in [1.54, 1.807) is 24.6 Å². The Hall–Kier alpha value is -2.47. The monoisotopic (exact) mass is 352 g/mol. The fourth-order valence-electron chi connectivity index (χ4n) is 3.32. The van der Waals surface area contributed by atoms with Gasteiger partial charge in [-0.2, -0.15) is 0 Å². The molecule has 6 heteroatoms. The van der Waals surface area contributed by atoms with Gasteiger partial charge in [0.25, 0.3) is 0 Å². The van der Waals surface area contributed by atoms with Crippen LogP contribution in [-0.4, -0.2) is 28.8 Å². The van der Waals surface area contributed by atoms with Crippen LogP contribution in [0.15, 0.2) is 48.7 Å². The Balaban J connectivity index is 1.62. The van der Waals surface area contributed by atoms with E-state index in [0.717, 1.165) is 34.5 Å². The Kier molecular flexibility index (Phi) is 4.36. The first kappa shape index (κ1) is 16.0. The molecule has 2 atom stereocenters. The van der Waals surface area contributed by atoms with E-state index in [1.807, 2.05) is 30.3 Å². The molecule has 1 saturated heterocycles. The molecular formula is C19H20N4OS. The van der Waals surface area contributed by atoms with Crippen molar-refractivity contribution in [2.75, 3.05) is 18.6 Å². The summed E-state index contributed by atoms with van der Waals surface area (Å²) < 4.78 is 5.28. The summed E-state index contributed by atoms with van der Waals surface area (Å²) in [5.41, 5.74) is 2.17. The third-order valence-electron chi connectivity index (χ3n) is 4.55. The van der Waals surface area contributed by atoms with E-state index in [-0.39, 0.29) is 0 Å². The Labute approximate surface area is 151 Å². The molecule has 0 radical (unpaired) electrons. The highest BCUT2D eigenvalue weighted by molar-refractivity contribution is 7.18. The van der Waals surface area contributed by atoms with E-state index in [4.69, 9.17) is 4.74 Å². The molecule has 1 aliphatic rings. The highest BCUT2D eigenvalue weighted by atomic mass is 32.1. The number of pyridine rings is 1. The van der Waals surface area contributed by atoms with Gasteiger partial charge in [-0.05, 0) is 42.2 Å². The van der Waals surface area contributed by atoms with Crippen molar-refractivity contribution in [3.8, 4) is 16.5 Å². The Morgan fingerprint density at radius 1 is 1.12 bits per heavy atom. The quantitative estimate of drug-likeness (QED) is 0.704. The number of hydrogen-bond acceptors (Lipinski definition) is 6. The molecule has 0 N–H and O–H groups in total. The standard InChI is InChI=1S/C19H20N4OS/c1-13-11-17(14-6-8-15(24-2)9-7-14)23(12-13)19-22-21-18(25-19)16-5-3-4-10-20-16/h3-10,13,17H,11-12H2,1-2H3/t13-,17+/m1/s1. The second-order valence-corrected chi connectivity index (χ2v) is 7.34. The first-order chi connectivity index (χ1) is 12.2. The fourth-order valence-corrected chi connectivity index (χ4v) is 4.20. The minimum Gasteiger partial charge on any atom is -0.497 e. The second kappa shape index (κ2) is 6.80. The first-order valence-corrected chi connectivity index (χ1v) is 9.21. The molecule has 0 amide bonds. The number of rotatable bonds is 4. The molecule has 0 saturated carbocycles. The maximum absolute atomic E-state index is 5.28. The van der Waals surface area contributed by atoms with Gasteiger partial charge >= 0.3 is 0 Å². The molecule has 4 rings (SSSR count). The smallest absolute Gasteiger partial charge is 0.209 e. The number of nitrogens with zero attached hydrogens (tertiary/aromatic N) is 4. The molecule has 0 bridgehead atoms. The van der Waals surface area contributed by atoms with Crippen LogP contribution < -0.4 is 9.64 Å². The molecule has 0 unspecified atom stereocenters. The van der Waals surface area contributed by atoms with Gasteiger partial charge in [-0.3, -0.25) is 4.98 Å². The Bertz CT molecular complexity index is 834. The molecule has 0 spiro atoms. The number of ether oxygens (including phenoxy) is 1. The van der Waals surface area contributed by atoms with Crippen LogP contribution in [0.3, 0.4) is 0 Å². The molecule has 3 heterocycles. The van der Waals surface area contributed by atoms with E-state index in [2.05, 4.69) is 39.1 Å². The van der Waals surface area contributed by atoms with Gasteiger partial charge in [0.05, 0.1) is 13.2 Å². The number of methoxy groups -OCH3 is 1. The molecule has 128 valence electrons. The van der Waals surface area contributed by atoms with Crippen LogP contribution in [0.5, 0.6) is 5.75 Å². The number of aromatic nitrogens is 3. The van der Waals surface area contributed by atoms with Gasteiger partial charge in [-0.15, -0.1) is 10.2 Å². The van der Waals surface area contributed by atoms with Crippen molar-refractivity contribution in [3.05, 3.63) is 54.2 Å². The van der Waals surface area contributed by atoms with Crippen LogP contribution in [0.4, 0.5) is 5.13 Å². The molecule has 25 heavy (non-hydrogen) atoms. The zero-order valence-electron chi connectivity index (χ0n) is 14.3. The number of benzene rings is 1. The second-order valence-electron chi connectivity index (χ2n) is 6.39. The molecular weight excluding hydrogens is 332 g/mol. The highest BCUT2D eigenvalue weighted by Gasteiger charge is 2.33. The summed E-state index contributed by atoms with van der Waals surface area (Å²) in [4.78, 5) is 6.75. The van der Waals surface area contributed by atoms with Gasteiger partial charge in [0.1, 0.15) is 11.4 Å². The lowest BCUT2D eigenvalue weighted by atomic mass is 10.0. The van der Waals surface area contributed by atoms with Crippen molar-refractivity contribution in [3.63, 3.8) is 0 Å². The first-order valence-electron chi connectivity index (χ1n) is 8.40. The lowest BCUT2D eigenvalue weighted by molar-refractivity contribution is 0.414. The normalized spacial score (nSPS) is 20.0. The number of hydrogen-bond donors (Lipinski definition) is 0. The Morgan fingerprint density at radius 2 is 1.96 bits per heavy atom. The average molecular weight is 352 g/mol. The van der Waals surface area contributed by atoms with Gasteiger partial charge in [0, 0.05) is 12.7 Å². The summed E-state index contributed by atoms with van der Waals surface area (Å²) in [5, 5.41) is 10.6. The van der Waals surface area contributed by atoms with Crippen LogP contribution >= 0.6 is 11.3 Å². The minimum absolute atomic E-state index is 0.324. The van der Waals surface area contributed by atoms with Crippen LogP contribution in [-0.2, 0) is 0 Å². The van der Waals surface area contributed by atoms with Gasteiger partial charge in [0.15, 0.2) is 5.01 Å². The molecule has 1 aliphatic heterocycles. The van der Waals surface area contributed by atoms with Crippen molar-refractivity contribution in [1.29, 1.82) is 0 Å². The maximum Gasteiger partial charge on any atom is 0.209 e. The molecule has 0 aliphatic carbocycles.